The summed E-state index contributed by atoms with van der Waals surface area (Å²) in [5.74, 6) is -0.0299. The first kappa shape index (κ1) is 21.3. The number of fused-ring (bicyclic) bond motifs is 1. The molecule has 0 aliphatic carbocycles. The zero-order valence-electron chi connectivity index (χ0n) is 18.8. The minimum absolute atomic E-state index is 0.0299. The molecule has 1 aromatic heterocycles. The molecule has 4 aromatic rings. The van der Waals surface area contributed by atoms with Crippen molar-refractivity contribution in [2.45, 2.75) is 46.6 Å². The Morgan fingerprint density at radius 2 is 1.65 bits per heavy atom. The fourth-order valence-corrected chi connectivity index (χ4v) is 4.75. The van der Waals surface area contributed by atoms with Gasteiger partial charge in [0.1, 0.15) is 0 Å². The number of hydrogen-bond acceptors (Lipinski definition) is 3. The molecular formula is C27H28N2OS. The molecule has 0 radical (unpaired) electrons. The number of nitrogens with zero attached hydrogens (tertiary/aromatic N) is 2. The van der Waals surface area contributed by atoms with Crippen molar-refractivity contribution in [3.63, 3.8) is 0 Å². The Morgan fingerprint density at radius 3 is 2.29 bits per heavy atom. The van der Waals surface area contributed by atoms with E-state index in [0.29, 0.717) is 12.1 Å². The molecular weight excluding hydrogens is 400 g/mol. The Kier molecular flexibility index (Phi) is 5.67. The van der Waals surface area contributed by atoms with Gasteiger partial charge in [-0.2, -0.15) is 0 Å². The van der Waals surface area contributed by atoms with E-state index in [4.69, 9.17) is 4.98 Å². The van der Waals surface area contributed by atoms with Crippen LogP contribution in [0.25, 0.3) is 10.2 Å². The number of hydrogen-bond donors (Lipinski definition) is 0. The molecule has 158 valence electrons. The maximum atomic E-state index is 13.6. The summed E-state index contributed by atoms with van der Waals surface area (Å²) in [7, 11) is 0. The molecule has 0 spiro atoms. The van der Waals surface area contributed by atoms with Gasteiger partial charge in [0.05, 0.1) is 16.8 Å². The quantitative estimate of drug-likeness (QED) is 0.349. The molecule has 0 saturated heterocycles. The van der Waals surface area contributed by atoms with Crippen LogP contribution < -0.4 is 4.90 Å². The van der Waals surface area contributed by atoms with Crippen molar-refractivity contribution >= 4 is 32.6 Å². The van der Waals surface area contributed by atoms with Crippen molar-refractivity contribution in [3.8, 4) is 0 Å². The van der Waals surface area contributed by atoms with Crippen LogP contribution in [0.2, 0.25) is 0 Å². The van der Waals surface area contributed by atoms with Gasteiger partial charge in [0.2, 0.25) is 0 Å². The van der Waals surface area contributed by atoms with Crippen LogP contribution in [0.3, 0.4) is 0 Å². The monoisotopic (exact) mass is 428 g/mol. The topological polar surface area (TPSA) is 33.2 Å². The summed E-state index contributed by atoms with van der Waals surface area (Å²) in [4.78, 5) is 20.3. The van der Waals surface area contributed by atoms with Gasteiger partial charge < -0.3 is 0 Å². The van der Waals surface area contributed by atoms with E-state index in [1.165, 1.54) is 16.7 Å². The van der Waals surface area contributed by atoms with E-state index in [-0.39, 0.29) is 11.3 Å². The molecule has 0 aliphatic heterocycles. The molecule has 31 heavy (non-hydrogen) atoms. The van der Waals surface area contributed by atoms with Crippen LogP contribution in [0, 0.1) is 13.8 Å². The molecule has 1 heterocycles. The van der Waals surface area contributed by atoms with Crippen molar-refractivity contribution in [1.29, 1.82) is 0 Å². The van der Waals surface area contributed by atoms with Crippen LogP contribution in [0.5, 0.6) is 0 Å². The number of aryl methyl sites for hydroxylation is 2. The third kappa shape index (κ3) is 4.54. The second-order valence-corrected chi connectivity index (χ2v) is 10.1. The Balaban J connectivity index is 1.76. The highest BCUT2D eigenvalue weighted by Gasteiger charge is 2.23. The van der Waals surface area contributed by atoms with Gasteiger partial charge in [-0.15, -0.1) is 0 Å². The lowest BCUT2D eigenvalue weighted by Crippen LogP contribution is -2.30. The molecule has 1 amide bonds. The molecule has 0 fully saturated rings. The van der Waals surface area contributed by atoms with E-state index in [2.05, 4.69) is 58.9 Å². The number of benzene rings is 3. The number of thiazole rings is 1. The highest BCUT2D eigenvalue weighted by atomic mass is 32.1. The zero-order valence-corrected chi connectivity index (χ0v) is 19.6. The predicted molar refractivity (Wildman–Crippen MR) is 131 cm³/mol. The van der Waals surface area contributed by atoms with Crippen molar-refractivity contribution in [1.82, 2.24) is 4.98 Å². The lowest BCUT2D eigenvalue weighted by Gasteiger charge is -2.22. The average molecular weight is 429 g/mol. The normalized spacial score (nSPS) is 11.6. The van der Waals surface area contributed by atoms with Gasteiger partial charge in [-0.3, -0.25) is 9.69 Å². The third-order valence-corrected chi connectivity index (χ3v) is 6.70. The van der Waals surface area contributed by atoms with Crippen molar-refractivity contribution in [3.05, 3.63) is 94.5 Å². The fourth-order valence-electron chi connectivity index (χ4n) is 3.74. The molecule has 4 rings (SSSR count). The van der Waals surface area contributed by atoms with Crippen LogP contribution in [-0.4, -0.2) is 10.9 Å². The zero-order chi connectivity index (χ0) is 22.2. The number of anilines is 1. The molecule has 0 saturated carbocycles. The van der Waals surface area contributed by atoms with E-state index in [9.17, 15) is 4.79 Å². The second-order valence-electron chi connectivity index (χ2n) is 9.13. The Bertz CT molecular complexity index is 1220. The first-order chi connectivity index (χ1) is 14.7. The lowest BCUT2D eigenvalue weighted by molar-refractivity contribution is 0.0985. The number of carbonyl (C=O) groups is 1. The molecule has 0 aliphatic rings. The lowest BCUT2D eigenvalue weighted by atomic mass is 9.86. The molecule has 0 bridgehead atoms. The highest BCUT2D eigenvalue weighted by molar-refractivity contribution is 7.22. The summed E-state index contributed by atoms with van der Waals surface area (Å²) >= 11 is 1.58. The van der Waals surface area contributed by atoms with Gasteiger partial charge in [0.25, 0.3) is 5.91 Å². The molecule has 4 heteroatoms. The number of rotatable bonds is 4. The minimum atomic E-state index is -0.0299. The predicted octanol–water partition coefficient (Wildman–Crippen LogP) is 7.06. The maximum Gasteiger partial charge on any atom is 0.260 e. The van der Waals surface area contributed by atoms with Crippen LogP contribution in [0.1, 0.15) is 53.4 Å². The molecule has 3 nitrogen and oxygen atoms in total. The summed E-state index contributed by atoms with van der Waals surface area (Å²) in [6.45, 7) is 11.2. The summed E-state index contributed by atoms with van der Waals surface area (Å²) < 4.78 is 1.13. The standard InChI is InChI=1S/C27H28N2OS/c1-18-15-19(2)24-23(16-18)28-26(31-24)29(17-20-9-7-6-8-10-20)25(30)21-11-13-22(14-12-21)27(3,4)5/h6-16H,17H2,1-5H3. The molecule has 3 aromatic carbocycles. The van der Waals surface area contributed by atoms with Crippen molar-refractivity contribution < 1.29 is 4.79 Å². The number of aromatic nitrogens is 1. The summed E-state index contributed by atoms with van der Waals surface area (Å²) in [6, 6.07) is 22.3. The highest BCUT2D eigenvalue weighted by Crippen LogP contribution is 2.34. The molecule has 0 atom stereocenters. The summed E-state index contributed by atoms with van der Waals surface area (Å²) in [5, 5.41) is 0.734. The molecule has 0 N–H and O–H groups in total. The van der Waals surface area contributed by atoms with Gasteiger partial charge in [-0.1, -0.05) is 80.6 Å². The maximum absolute atomic E-state index is 13.6. The van der Waals surface area contributed by atoms with Gasteiger partial charge in [-0.25, -0.2) is 4.98 Å². The third-order valence-electron chi connectivity index (χ3n) is 5.47. The van der Waals surface area contributed by atoms with Crippen molar-refractivity contribution in [2.75, 3.05) is 4.90 Å². The number of amides is 1. The van der Waals surface area contributed by atoms with Crippen LogP contribution in [0.15, 0.2) is 66.7 Å². The van der Waals surface area contributed by atoms with Gasteiger partial charge in [0, 0.05) is 5.56 Å². The Morgan fingerprint density at radius 1 is 0.968 bits per heavy atom. The first-order valence-corrected chi connectivity index (χ1v) is 11.4. The van der Waals surface area contributed by atoms with E-state index in [1.54, 1.807) is 16.2 Å². The van der Waals surface area contributed by atoms with E-state index < -0.39 is 0 Å². The van der Waals surface area contributed by atoms with E-state index in [1.807, 2.05) is 42.5 Å². The minimum Gasteiger partial charge on any atom is -0.279 e. The van der Waals surface area contributed by atoms with Gasteiger partial charge in [0.15, 0.2) is 5.13 Å². The molecule has 0 unspecified atom stereocenters. The largest absolute Gasteiger partial charge is 0.279 e. The van der Waals surface area contributed by atoms with Crippen LogP contribution in [-0.2, 0) is 12.0 Å². The second kappa shape index (κ2) is 8.27. The number of carbonyl (C=O) groups excluding carboxylic acids is 1. The SMILES string of the molecule is Cc1cc(C)c2sc(N(Cc3ccccc3)C(=O)c3ccc(C(C)(C)C)cc3)nc2c1. The fraction of sp³-hybridized carbons (Fsp3) is 0.259. The van der Waals surface area contributed by atoms with Crippen LogP contribution in [0.4, 0.5) is 5.13 Å². The summed E-state index contributed by atoms with van der Waals surface area (Å²) in [6.07, 6.45) is 0. The Labute approximate surface area is 188 Å². The van der Waals surface area contributed by atoms with Crippen LogP contribution >= 0.6 is 11.3 Å². The average Bonchev–Trinajstić information content (AvgIpc) is 3.16. The van der Waals surface area contributed by atoms with Gasteiger partial charge >= 0.3 is 0 Å². The summed E-state index contributed by atoms with van der Waals surface area (Å²) in [5.41, 5.74) is 6.34. The van der Waals surface area contributed by atoms with E-state index >= 15 is 0 Å². The van der Waals surface area contributed by atoms with Gasteiger partial charge in [-0.05, 0) is 59.7 Å². The smallest absolute Gasteiger partial charge is 0.260 e. The Hall–Kier alpha value is -2.98. The first-order valence-electron chi connectivity index (χ1n) is 10.6. The van der Waals surface area contributed by atoms with Crippen molar-refractivity contribution in [2.24, 2.45) is 0 Å². The van der Waals surface area contributed by atoms with E-state index in [0.717, 1.165) is 20.9 Å².